The SMILES string of the molecule is Cn1c(N2CCCC2Cn2ncccc2=O)nc2ccccc2c1=O. The monoisotopic (exact) mass is 337 g/mol. The van der Waals surface area contributed by atoms with E-state index in [0.29, 0.717) is 23.4 Å². The Bertz CT molecular complexity index is 1040. The van der Waals surface area contributed by atoms with E-state index >= 15 is 0 Å². The van der Waals surface area contributed by atoms with Crippen molar-refractivity contribution in [1.29, 1.82) is 0 Å². The van der Waals surface area contributed by atoms with Gasteiger partial charge in [-0.15, -0.1) is 0 Å². The zero-order chi connectivity index (χ0) is 17.4. The molecule has 0 aliphatic carbocycles. The van der Waals surface area contributed by atoms with Crippen LogP contribution < -0.4 is 16.0 Å². The Morgan fingerprint density at radius 1 is 1.16 bits per heavy atom. The Kier molecular flexibility index (Phi) is 3.83. The van der Waals surface area contributed by atoms with Crippen LogP contribution in [0.2, 0.25) is 0 Å². The number of rotatable bonds is 3. The van der Waals surface area contributed by atoms with E-state index in [9.17, 15) is 9.59 Å². The van der Waals surface area contributed by atoms with Crippen molar-refractivity contribution in [3.05, 3.63) is 63.3 Å². The summed E-state index contributed by atoms with van der Waals surface area (Å²) in [7, 11) is 1.75. The van der Waals surface area contributed by atoms with Crippen molar-refractivity contribution >= 4 is 16.9 Å². The second kappa shape index (κ2) is 6.16. The standard InChI is InChI=1S/C18H19N5O2/c1-21-17(25)14-7-2-3-8-15(14)20-18(21)22-11-5-6-13(22)12-23-16(24)9-4-10-19-23/h2-4,7-10,13H,5-6,11-12H2,1H3. The van der Waals surface area contributed by atoms with Crippen LogP contribution in [-0.4, -0.2) is 31.9 Å². The van der Waals surface area contributed by atoms with Crippen LogP contribution in [0.3, 0.4) is 0 Å². The molecular formula is C18H19N5O2. The maximum Gasteiger partial charge on any atom is 0.266 e. The smallest absolute Gasteiger partial charge is 0.266 e. The summed E-state index contributed by atoms with van der Waals surface area (Å²) >= 11 is 0. The first-order valence-corrected chi connectivity index (χ1v) is 8.40. The molecule has 128 valence electrons. The van der Waals surface area contributed by atoms with E-state index in [4.69, 9.17) is 4.98 Å². The topological polar surface area (TPSA) is 73.0 Å². The normalized spacial score (nSPS) is 17.3. The van der Waals surface area contributed by atoms with E-state index < -0.39 is 0 Å². The zero-order valence-corrected chi connectivity index (χ0v) is 14.0. The summed E-state index contributed by atoms with van der Waals surface area (Å²) in [5.41, 5.74) is 0.525. The van der Waals surface area contributed by atoms with Gasteiger partial charge in [0.05, 0.1) is 23.5 Å². The van der Waals surface area contributed by atoms with Gasteiger partial charge in [0.25, 0.3) is 11.1 Å². The van der Waals surface area contributed by atoms with Gasteiger partial charge >= 0.3 is 0 Å². The van der Waals surface area contributed by atoms with Gasteiger partial charge in [-0.1, -0.05) is 12.1 Å². The molecular weight excluding hydrogens is 318 g/mol. The Hall–Kier alpha value is -2.96. The number of benzene rings is 1. The molecule has 0 bridgehead atoms. The highest BCUT2D eigenvalue weighted by atomic mass is 16.1. The van der Waals surface area contributed by atoms with Gasteiger partial charge in [-0.2, -0.15) is 5.10 Å². The number of para-hydroxylation sites is 1. The van der Waals surface area contributed by atoms with Gasteiger partial charge in [0.1, 0.15) is 0 Å². The number of nitrogens with zero attached hydrogens (tertiary/aromatic N) is 5. The second-order valence-corrected chi connectivity index (χ2v) is 6.33. The number of fused-ring (bicyclic) bond motifs is 1. The van der Waals surface area contributed by atoms with Crippen molar-refractivity contribution in [1.82, 2.24) is 19.3 Å². The molecule has 1 unspecified atom stereocenters. The summed E-state index contributed by atoms with van der Waals surface area (Å²) < 4.78 is 3.07. The predicted octanol–water partition coefficient (Wildman–Crippen LogP) is 1.16. The van der Waals surface area contributed by atoms with Gasteiger partial charge < -0.3 is 4.90 Å². The highest BCUT2D eigenvalue weighted by Gasteiger charge is 2.28. The molecule has 2 aromatic heterocycles. The number of hydrogen-bond acceptors (Lipinski definition) is 5. The maximum atomic E-state index is 12.7. The molecule has 0 N–H and O–H groups in total. The van der Waals surface area contributed by atoms with Crippen LogP contribution in [0.5, 0.6) is 0 Å². The van der Waals surface area contributed by atoms with Gasteiger partial charge in [0.2, 0.25) is 5.95 Å². The Balaban J connectivity index is 1.74. The summed E-state index contributed by atoms with van der Waals surface area (Å²) in [6, 6.07) is 10.6. The average molecular weight is 337 g/mol. The lowest BCUT2D eigenvalue weighted by molar-refractivity contribution is 0.482. The van der Waals surface area contributed by atoms with Crippen LogP contribution in [0.1, 0.15) is 12.8 Å². The second-order valence-electron chi connectivity index (χ2n) is 6.33. The Morgan fingerprint density at radius 2 is 2.00 bits per heavy atom. The largest absolute Gasteiger partial charge is 0.337 e. The third-order valence-electron chi connectivity index (χ3n) is 4.76. The molecule has 3 aromatic rings. The lowest BCUT2D eigenvalue weighted by Gasteiger charge is -2.27. The maximum absolute atomic E-state index is 12.7. The Labute approximate surface area is 144 Å². The van der Waals surface area contributed by atoms with Crippen molar-refractivity contribution in [2.45, 2.75) is 25.4 Å². The van der Waals surface area contributed by atoms with Crippen molar-refractivity contribution < 1.29 is 0 Å². The molecule has 0 amide bonds. The molecule has 7 heteroatoms. The fraction of sp³-hybridized carbons (Fsp3) is 0.333. The first-order valence-electron chi connectivity index (χ1n) is 8.40. The lowest BCUT2D eigenvalue weighted by atomic mass is 10.2. The van der Waals surface area contributed by atoms with Crippen LogP contribution >= 0.6 is 0 Å². The summed E-state index contributed by atoms with van der Waals surface area (Å²) in [5, 5.41) is 4.76. The highest BCUT2D eigenvalue weighted by Crippen LogP contribution is 2.24. The van der Waals surface area contributed by atoms with Gasteiger partial charge in [0.15, 0.2) is 0 Å². The van der Waals surface area contributed by atoms with E-state index in [0.717, 1.165) is 19.4 Å². The van der Waals surface area contributed by atoms with Gasteiger partial charge in [-0.05, 0) is 31.0 Å². The molecule has 0 saturated carbocycles. The van der Waals surface area contributed by atoms with Crippen LogP contribution in [0.25, 0.3) is 10.9 Å². The number of anilines is 1. The fourth-order valence-electron chi connectivity index (χ4n) is 3.48. The summed E-state index contributed by atoms with van der Waals surface area (Å²) in [6.45, 7) is 1.30. The van der Waals surface area contributed by atoms with E-state index in [-0.39, 0.29) is 17.2 Å². The van der Waals surface area contributed by atoms with E-state index in [1.54, 1.807) is 29.9 Å². The predicted molar refractivity (Wildman–Crippen MR) is 95.8 cm³/mol. The van der Waals surface area contributed by atoms with E-state index in [1.165, 1.54) is 10.7 Å². The first kappa shape index (κ1) is 15.6. The minimum Gasteiger partial charge on any atom is -0.337 e. The molecule has 1 atom stereocenters. The first-order chi connectivity index (χ1) is 12.1. The molecule has 0 spiro atoms. The minimum absolute atomic E-state index is 0.0544. The average Bonchev–Trinajstić information content (AvgIpc) is 3.08. The third kappa shape index (κ3) is 2.71. The molecule has 1 aliphatic heterocycles. The van der Waals surface area contributed by atoms with Gasteiger partial charge in [-0.3, -0.25) is 14.2 Å². The van der Waals surface area contributed by atoms with Crippen LogP contribution in [0.4, 0.5) is 5.95 Å². The highest BCUT2D eigenvalue weighted by molar-refractivity contribution is 5.78. The molecule has 1 fully saturated rings. The quantitative estimate of drug-likeness (QED) is 0.717. The van der Waals surface area contributed by atoms with Crippen LogP contribution in [0, 0.1) is 0 Å². The zero-order valence-electron chi connectivity index (χ0n) is 14.0. The molecule has 1 aromatic carbocycles. The van der Waals surface area contributed by atoms with Crippen molar-refractivity contribution in [3.63, 3.8) is 0 Å². The third-order valence-corrected chi connectivity index (χ3v) is 4.76. The summed E-state index contributed by atoms with van der Waals surface area (Å²) in [4.78, 5) is 31.4. The molecule has 4 rings (SSSR count). The number of aromatic nitrogens is 4. The van der Waals surface area contributed by atoms with Crippen molar-refractivity contribution in [3.8, 4) is 0 Å². The van der Waals surface area contributed by atoms with Crippen LogP contribution in [0.15, 0.2) is 52.2 Å². The van der Waals surface area contributed by atoms with Crippen molar-refractivity contribution in [2.75, 3.05) is 11.4 Å². The minimum atomic E-state index is -0.116. The van der Waals surface area contributed by atoms with E-state index in [1.807, 2.05) is 18.2 Å². The van der Waals surface area contributed by atoms with Gasteiger partial charge in [-0.25, -0.2) is 9.67 Å². The molecule has 1 aliphatic rings. The lowest BCUT2D eigenvalue weighted by Crippen LogP contribution is -2.40. The molecule has 1 saturated heterocycles. The van der Waals surface area contributed by atoms with Gasteiger partial charge in [0, 0.05) is 25.9 Å². The van der Waals surface area contributed by atoms with E-state index in [2.05, 4.69) is 10.00 Å². The number of hydrogen-bond donors (Lipinski definition) is 0. The molecule has 0 radical (unpaired) electrons. The van der Waals surface area contributed by atoms with Crippen LogP contribution in [-0.2, 0) is 13.6 Å². The molecule has 7 nitrogen and oxygen atoms in total. The molecule has 25 heavy (non-hydrogen) atoms. The summed E-state index contributed by atoms with van der Waals surface area (Å²) in [5.74, 6) is 0.648. The Morgan fingerprint density at radius 3 is 2.84 bits per heavy atom. The fourth-order valence-corrected chi connectivity index (χ4v) is 3.48. The molecule has 3 heterocycles. The van der Waals surface area contributed by atoms with Crippen molar-refractivity contribution in [2.24, 2.45) is 7.05 Å². The summed E-state index contributed by atoms with van der Waals surface area (Å²) in [6.07, 6.45) is 3.55.